The van der Waals surface area contributed by atoms with Crippen molar-refractivity contribution in [1.29, 1.82) is 0 Å². The van der Waals surface area contributed by atoms with E-state index in [0.717, 1.165) is 19.4 Å². The van der Waals surface area contributed by atoms with Crippen LogP contribution in [0.5, 0.6) is 0 Å². The van der Waals surface area contributed by atoms with E-state index in [1.54, 1.807) is 10.8 Å². The molecule has 0 unspecified atom stereocenters. The van der Waals surface area contributed by atoms with Gasteiger partial charge in [-0.05, 0) is 19.4 Å². The molecule has 1 rings (SSSR count). The third kappa shape index (κ3) is 4.14. The minimum Gasteiger partial charge on any atom is -0.314 e. The van der Waals surface area contributed by atoms with E-state index in [1.165, 1.54) is 10.6 Å². The minimum absolute atomic E-state index is 0.200. The van der Waals surface area contributed by atoms with E-state index in [-0.39, 0.29) is 11.2 Å². The summed E-state index contributed by atoms with van der Waals surface area (Å²) >= 11 is 0. The van der Waals surface area contributed by atoms with E-state index >= 15 is 0 Å². The van der Waals surface area contributed by atoms with Gasteiger partial charge in [0, 0.05) is 31.4 Å². The van der Waals surface area contributed by atoms with Gasteiger partial charge in [-0.3, -0.25) is 9.36 Å². The molecule has 18 heavy (non-hydrogen) atoms. The number of aromatic nitrogens is 2. The van der Waals surface area contributed by atoms with Gasteiger partial charge in [-0.1, -0.05) is 20.8 Å². The largest absolute Gasteiger partial charge is 0.330 e. The Morgan fingerprint density at radius 1 is 1.28 bits per heavy atom. The van der Waals surface area contributed by atoms with E-state index in [9.17, 15) is 9.59 Å². The summed E-state index contributed by atoms with van der Waals surface area (Å²) in [5.41, 5.74) is -0.411. The zero-order chi connectivity index (χ0) is 13.5. The van der Waals surface area contributed by atoms with Gasteiger partial charge in [0.05, 0.1) is 0 Å². The van der Waals surface area contributed by atoms with Crippen LogP contribution in [0.4, 0.5) is 0 Å². The van der Waals surface area contributed by atoms with Crippen LogP contribution in [0.3, 0.4) is 0 Å². The maximum Gasteiger partial charge on any atom is 0.330 e. The van der Waals surface area contributed by atoms with Crippen molar-refractivity contribution < 1.29 is 0 Å². The van der Waals surface area contributed by atoms with Gasteiger partial charge < -0.3 is 9.88 Å². The van der Waals surface area contributed by atoms with Gasteiger partial charge in [0.1, 0.15) is 0 Å². The van der Waals surface area contributed by atoms with Crippen molar-refractivity contribution in [2.24, 2.45) is 0 Å². The lowest BCUT2D eigenvalue weighted by molar-refractivity contribution is 0.497. The van der Waals surface area contributed by atoms with Crippen LogP contribution in [0.15, 0.2) is 21.9 Å². The molecule has 102 valence electrons. The lowest BCUT2D eigenvalue weighted by Gasteiger charge is -2.10. The lowest BCUT2D eigenvalue weighted by Crippen LogP contribution is -2.39. The van der Waals surface area contributed by atoms with Crippen LogP contribution >= 0.6 is 0 Å². The van der Waals surface area contributed by atoms with Crippen molar-refractivity contribution in [2.45, 2.75) is 52.7 Å². The Kier molecular flexibility index (Phi) is 5.85. The molecule has 1 N–H and O–H groups in total. The summed E-state index contributed by atoms with van der Waals surface area (Å²) in [6.07, 6.45) is 3.24. The molecule has 5 nitrogen and oxygen atoms in total. The number of hydrogen-bond donors (Lipinski definition) is 1. The van der Waals surface area contributed by atoms with Crippen LogP contribution in [0.1, 0.15) is 33.6 Å². The summed E-state index contributed by atoms with van der Waals surface area (Å²) in [7, 11) is 0. The van der Waals surface area contributed by atoms with E-state index in [2.05, 4.69) is 19.2 Å². The Bertz CT molecular complexity index is 474. The first kappa shape index (κ1) is 14.7. The fourth-order valence-corrected chi connectivity index (χ4v) is 1.80. The normalized spacial score (nSPS) is 11.1. The fourth-order valence-electron chi connectivity index (χ4n) is 1.80. The molecule has 0 aliphatic heterocycles. The highest BCUT2D eigenvalue weighted by atomic mass is 16.2. The summed E-state index contributed by atoms with van der Waals surface area (Å²) in [4.78, 5) is 23.7. The summed E-state index contributed by atoms with van der Waals surface area (Å²) in [5.74, 6) is 0. The molecule has 0 saturated carbocycles. The molecule has 0 aliphatic carbocycles. The number of hydrogen-bond acceptors (Lipinski definition) is 3. The molecule has 0 radical (unpaired) electrons. The van der Waals surface area contributed by atoms with Crippen molar-refractivity contribution in [3.8, 4) is 0 Å². The fraction of sp³-hybridized carbons (Fsp3) is 0.692. The first-order chi connectivity index (χ1) is 8.56. The van der Waals surface area contributed by atoms with Crippen molar-refractivity contribution in [2.75, 3.05) is 6.54 Å². The Labute approximate surface area is 107 Å². The molecule has 1 aromatic rings. The molecule has 0 aliphatic rings. The summed E-state index contributed by atoms with van der Waals surface area (Å²) in [6.45, 7) is 8.10. The average molecular weight is 253 g/mol. The van der Waals surface area contributed by atoms with Gasteiger partial charge in [-0.15, -0.1) is 0 Å². The van der Waals surface area contributed by atoms with Gasteiger partial charge in [0.2, 0.25) is 0 Å². The van der Waals surface area contributed by atoms with E-state index in [0.29, 0.717) is 19.1 Å². The molecule has 1 aromatic heterocycles. The number of nitrogens with one attached hydrogen (secondary N) is 1. The Morgan fingerprint density at radius 3 is 2.61 bits per heavy atom. The van der Waals surface area contributed by atoms with Crippen LogP contribution in [-0.4, -0.2) is 21.7 Å². The van der Waals surface area contributed by atoms with Gasteiger partial charge in [-0.2, -0.15) is 0 Å². The van der Waals surface area contributed by atoms with Crippen LogP contribution < -0.4 is 16.6 Å². The predicted molar refractivity (Wildman–Crippen MR) is 73.0 cm³/mol. The van der Waals surface area contributed by atoms with Crippen molar-refractivity contribution in [3.05, 3.63) is 33.1 Å². The number of aryl methyl sites for hydroxylation is 1. The van der Waals surface area contributed by atoms with Crippen LogP contribution in [0, 0.1) is 0 Å². The maximum absolute atomic E-state index is 12.0. The van der Waals surface area contributed by atoms with Crippen molar-refractivity contribution in [1.82, 2.24) is 14.5 Å². The van der Waals surface area contributed by atoms with Gasteiger partial charge in [0.25, 0.3) is 5.56 Å². The Hall–Kier alpha value is -1.36. The van der Waals surface area contributed by atoms with Crippen molar-refractivity contribution in [3.63, 3.8) is 0 Å². The SMILES string of the molecule is CCCn1ccc(=O)n(CCCNC(C)C)c1=O. The summed E-state index contributed by atoms with van der Waals surface area (Å²) in [5, 5.41) is 3.27. The Morgan fingerprint density at radius 2 is 2.00 bits per heavy atom. The topological polar surface area (TPSA) is 56.0 Å². The standard InChI is InChI=1S/C13H23N3O2/c1-4-8-15-10-6-12(17)16(13(15)18)9-5-7-14-11(2)3/h6,10-11,14H,4-5,7-9H2,1-3H3. The van der Waals surface area contributed by atoms with Crippen LogP contribution in [0.2, 0.25) is 0 Å². The molecule has 0 bridgehead atoms. The molecule has 0 amide bonds. The first-order valence-electron chi connectivity index (χ1n) is 6.60. The molecular weight excluding hydrogens is 230 g/mol. The van der Waals surface area contributed by atoms with E-state index in [1.807, 2.05) is 6.92 Å². The van der Waals surface area contributed by atoms with E-state index < -0.39 is 0 Å². The van der Waals surface area contributed by atoms with Gasteiger partial charge in [-0.25, -0.2) is 4.79 Å². The molecule has 0 aromatic carbocycles. The molecule has 0 spiro atoms. The second-order valence-corrected chi connectivity index (χ2v) is 4.74. The zero-order valence-corrected chi connectivity index (χ0v) is 11.5. The molecule has 1 heterocycles. The Balaban J connectivity index is 2.72. The molecule has 5 heteroatoms. The first-order valence-corrected chi connectivity index (χ1v) is 6.60. The molecule has 0 fully saturated rings. The van der Waals surface area contributed by atoms with Gasteiger partial charge >= 0.3 is 5.69 Å². The molecular formula is C13H23N3O2. The second kappa shape index (κ2) is 7.16. The van der Waals surface area contributed by atoms with Crippen LogP contribution in [-0.2, 0) is 13.1 Å². The van der Waals surface area contributed by atoms with E-state index in [4.69, 9.17) is 0 Å². The summed E-state index contributed by atoms with van der Waals surface area (Å²) in [6, 6.07) is 1.89. The monoisotopic (exact) mass is 253 g/mol. The number of rotatable bonds is 7. The second-order valence-electron chi connectivity index (χ2n) is 4.74. The van der Waals surface area contributed by atoms with Crippen molar-refractivity contribution >= 4 is 0 Å². The highest BCUT2D eigenvalue weighted by Gasteiger charge is 2.04. The smallest absolute Gasteiger partial charge is 0.314 e. The highest BCUT2D eigenvalue weighted by Crippen LogP contribution is 1.87. The van der Waals surface area contributed by atoms with Crippen LogP contribution in [0.25, 0.3) is 0 Å². The quantitative estimate of drug-likeness (QED) is 0.732. The third-order valence-electron chi connectivity index (χ3n) is 2.72. The third-order valence-corrected chi connectivity index (χ3v) is 2.72. The molecule has 0 saturated heterocycles. The number of nitrogens with zero attached hydrogens (tertiary/aromatic N) is 2. The minimum atomic E-state index is -0.211. The maximum atomic E-state index is 12.0. The van der Waals surface area contributed by atoms with Gasteiger partial charge in [0.15, 0.2) is 0 Å². The lowest BCUT2D eigenvalue weighted by atomic mass is 10.3. The summed E-state index contributed by atoms with van der Waals surface area (Å²) < 4.78 is 2.91. The highest BCUT2D eigenvalue weighted by molar-refractivity contribution is 4.86. The predicted octanol–water partition coefficient (Wildman–Crippen LogP) is 0.808. The molecule has 0 atom stereocenters. The zero-order valence-electron chi connectivity index (χ0n) is 11.5. The average Bonchev–Trinajstić information content (AvgIpc) is 2.31.